The summed E-state index contributed by atoms with van der Waals surface area (Å²) in [6.07, 6.45) is 0. The van der Waals surface area contributed by atoms with Crippen LogP contribution in [0, 0.1) is 5.82 Å². The van der Waals surface area contributed by atoms with Gasteiger partial charge in [-0.1, -0.05) is 6.07 Å². The highest BCUT2D eigenvalue weighted by atomic mass is 32.1. The lowest BCUT2D eigenvalue weighted by Gasteiger charge is -2.05. The van der Waals surface area contributed by atoms with Crippen LogP contribution in [0.25, 0.3) is 10.9 Å². The molecule has 0 aliphatic heterocycles. The Bertz CT molecular complexity index is 849. The van der Waals surface area contributed by atoms with Crippen molar-refractivity contribution in [2.75, 3.05) is 0 Å². The second-order valence-electron chi connectivity index (χ2n) is 4.09. The Labute approximate surface area is 110 Å². The first-order chi connectivity index (χ1) is 9.15. The van der Waals surface area contributed by atoms with Crippen LogP contribution in [-0.2, 0) is 6.54 Å². The predicted molar refractivity (Wildman–Crippen MR) is 72.2 cm³/mol. The molecule has 2 heterocycles. The van der Waals surface area contributed by atoms with Crippen LogP contribution < -0.4 is 11.2 Å². The van der Waals surface area contributed by atoms with Crippen LogP contribution in [0.3, 0.4) is 0 Å². The van der Waals surface area contributed by atoms with Crippen molar-refractivity contribution in [2.24, 2.45) is 0 Å². The molecule has 4 nitrogen and oxygen atoms in total. The van der Waals surface area contributed by atoms with E-state index in [1.165, 1.54) is 23.5 Å². The summed E-state index contributed by atoms with van der Waals surface area (Å²) in [6, 6.07) is 7.43. The predicted octanol–water partition coefficient (Wildman–Crippen LogP) is 1.94. The third kappa shape index (κ3) is 2.10. The number of hydrogen-bond acceptors (Lipinski definition) is 3. The summed E-state index contributed by atoms with van der Waals surface area (Å²) in [6.45, 7) is 0.193. The van der Waals surface area contributed by atoms with Crippen LogP contribution in [0.5, 0.6) is 0 Å². The summed E-state index contributed by atoms with van der Waals surface area (Å²) in [5.74, 6) is -0.501. The van der Waals surface area contributed by atoms with Crippen molar-refractivity contribution in [3.63, 3.8) is 0 Å². The van der Waals surface area contributed by atoms with Gasteiger partial charge >= 0.3 is 5.69 Å². The maximum absolute atomic E-state index is 13.2. The van der Waals surface area contributed by atoms with Crippen LogP contribution in [0.1, 0.15) is 4.88 Å². The standard InChI is InChI=1S/C13H9FN2O2S/c14-8-3-4-11-10(6-8)12(17)16(13(18)15-11)7-9-2-1-5-19-9/h1-6H,7H2,(H,15,18). The molecular formula is C13H9FN2O2S. The Kier molecular flexibility index (Phi) is 2.79. The molecule has 0 aliphatic rings. The molecule has 0 atom stereocenters. The van der Waals surface area contributed by atoms with E-state index in [2.05, 4.69) is 4.98 Å². The zero-order valence-corrected chi connectivity index (χ0v) is 10.5. The summed E-state index contributed by atoms with van der Waals surface area (Å²) in [7, 11) is 0. The fourth-order valence-corrected chi connectivity index (χ4v) is 2.62. The van der Waals surface area contributed by atoms with E-state index in [1.54, 1.807) is 0 Å². The number of fused-ring (bicyclic) bond motifs is 1. The quantitative estimate of drug-likeness (QED) is 0.777. The number of thiophene rings is 1. The van der Waals surface area contributed by atoms with Gasteiger partial charge in [-0.2, -0.15) is 0 Å². The third-order valence-electron chi connectivity index (χ3n) is 2.84. The van der Waals surface area contributed by atoms with Crippen molar-refractivity contribution in [3.8, 4) is 0 Å². The maximum atomic E-state index is 13.2. The van der Waals surface area contributed by atoms with Crippen LogP contribution in [0.2, 0.25) is 0 Å². The molecule has 0 unspecified atom stereocenters. The fourth-order valence-electron chi connectivity index (χ4n) is 1.92. The Hall–Kier alpha value is -2.21. The van der Waals surface area contributed by atoms with E-state index in [0.717, 1.165) is 15.5 Å². The van der Waals surface area contributed by atoms with Gasteiger partial charge in [-0.25, -0.2) is 9.18 Å². The molecule has 3 rings (SSSR count). The summed E-state index contributed by atoms with van der Waals surface area (Å²) in [5, 5.41) is 2.05. The monoisotopic (exact) mass is 276 g/mol. The minimum Gasteiger partial charge on any atom is -0.307 e. The van der Waals surface area contributed by atoms with Gasteiger partial charge in [0, 0.05) is 4.88 Å². The van der Waals surface area contributed by atoms with Gasteiger partial charge in [-0.05, 0) is 29.6 Å². The Morgan fingerprint density at radius 3 is 2.84 bits per heavy atom. The largest absolute Gasteiger partial charge is 0.329 e. The molecule has 1 N–H and O–H groups in total. The molecule has 6 heteroatoms. The first-order valence-corrected chi connectivity index (χ1v) is 6.48. The number of benzene rings is 1. The number of aromatic amines is 1. The SMILES string of the molecule is O=c1[nH]c2ccc(F)cc2c(=O)n1Cc1cccs1. The van der Waals surface area contributed by atoms with Gasteiger partial charge in [-0.15, -0.1) is 11.3 Å². The molecule has 0 radical (unpaired) electrons. The van der Waals surface area contributed by atoms with Crippen molar-refractivity contribution in [1.82, 2.24) is 9.55 Å². The lowest BCUT2D eigenvalue weighted by molar-refractivity contribution is 0.628. The summed E-state index contributed by atoms with van der Waals surface area (Å²) in [5.41, 5.74) is -0.622. The summed E-state index contributed by atoms with van der Waals surface area (Å²) >= 11 is 1.46. The van der Waals surface area contributed by atoms with Gasteiger partial charge in [0.05, 0.1) is 17.4 Å². The Balaban J connectivity index is 2.25. The number of nitrogens with one attached hydrogen (secondary N) is 1. The minimum absolute atomic E-state index is 0.177. The first-order valence-electron chi connectivity index (χ1n) is 5.60. The number of hydrogen-bond donors (Lipinski definition) is 1. The molecule has 1 aromatic carbocycles. The number of H-pyrrole nitrogens is 1. The fraction of sp³-hybridized carbons (Fsp3) is 0.0769. The van der Waals surface area contributed by atoms with E-state index < -0.39 is 17.1 Å². The highest BCUT2D eigenvalue weighted by Gasteiger charge is 2.09. The number of aromatic nitrogens is 2. The van der Waals surface area contributed by atoms with Crippen molar-refractivity contribution in [1.29, 1.82) is 0 Å². The second kappa shape index (κ2) is 4.47. The van der Waals surface area contributed by atoms with Gasteiger partial charge in [0.25, 0.3) is 5.56 Å². The highest BCUT2D eigenvalue weighted by Crippen LogP contribution is 2.10. The summed E-state index contributed by atoms with van der Waals surface area (Å²) in [4.78, 5) is 27.6. The summed E-state index contributed by atoms with van der Waals surface area (Å²) < 4.78 is 14.3. The molecule has 0 amide bonds. The lowest BCUT2D eigenvalue weighted by atomic mass is 10.2. The molecular weight excluding hydrogens is 267 g/mol. The third-order valence-corrected chi connectivity index (χ3v) is 3.70. The average molecular weight is 276 g/mol. The molecule has 0 aliphatic carbocycles. The molecule has 0 fully saturated rings. The van der Waals surface area contributed by atoms with Crippen LogP contribution >= 0.6 is 11.3 Å². The molecule has 0 saturated carbocycles. The zero-order valence-electron chi connectivity index (χ0n) is 9.72. The molecule has 19 heavy (non-hydrogen) atoms. The Morgan fingerprint density at radius 1 is 1.26 bits per heavy atom. The number of rotatable bonds is 2. The van der Waals surface area contributed by atoms with Gasteiger partial charge in [0.2, 0.25) is 0 Å². The maximum Gasteiger partial charge on any atom is 0.329 e. The van der Waals surface area contributed by atoms with Crippen molar-refractivity contribution in [2.45, 2.75) is 6.54 Å². The van der Waals surface area contributed by atoms with Gasteiger partial charge < -0.3 is 4.98 Å². The van der Waals surface area contributed by atoms with E-state index in [-0.39, 0.29) is 11.9 Å². The second-order valence-corrected chi connectivity index (χ2v) is 5.12. The van der Waals surface area contributed by atoms with Gasteiger partial charge in [0.15, 0.2) is 0 Å². The lowest BCUT2D eigenvalue weighted by Crippen LogP contribution is -2.35. The molecule has 0 spiro atoms. The van der Waals surface area contributed by atoms with Crippen LogP contribution in [0.15, 0.2) is 45.3 Å². The van der Waals surface area contributed by atoms with Gasteiger partial charge in [0.1, 0.15) is 5.82 Å². The van der Waals surface area contributed by atoms with E-state index in [4.69, 9.17) is 0 Å². The molecule has 96 valence electrons. The Morgan fingerprint density at radius 2 is 2.11 bits per heavy atom. The minimum atomic E-state index is -0.501. The molecule has 2 aromatic heterocycles. The average Bonchev–Trinajstić information content (AvgIpc) is 2.89. The topological polar surface area (TPSA) is 54.9 Å². The first kappa shape index (κ1) is 11.9. The van der Waals surface area contributed by atoms with E-state index in [0.29, 0.717) is 5.52 Å². The zero-order chi connectivity index (χ0) is 13.4. The number of nitrogens with zero attached hydrogens (tertiary/aromatic N) is 1. The van der Waals surface area contributed by atoms with E-state index in [1.807, 2.05) is 17.5 Å². The van der Waals surface area contributed by atoms with Crippen LogP contribution in [0.4, 0.5) is 4.39 Å². The highest BCUT2D eigenvalue weighted by molar-refractivity contribution is 7.09. The number of halogens is 1. The molecule has 0 saturated heterocycles. The van der Waals surface area contributed by atoms with Crippen molar-refractivity contribution < 1.29 is 4.39 Å². The smallest absolute Gasteiger partial charge is 0.307 e. The van der Waals surface area contributed by atoms with E-state index in [9.17, 15) is 14.0 Å². The molecule has 3 aromatic rings. The van der Waals surface area contributed by atoms with Crippen LogP contribution in [-0.4, -0.2) is 9.55 Å². The molecule has 0 bridgehead atoms. The van der Waals surface area contributed by atoms with Gasteiger partial charge in [-0.3, -0.25) is 9.36 Å². The van der Waals surface area contributed by atoms with E-state index >= 15 is 0 Å². The van der Waals surface area contributed by atoms with Crippen molar-refractivity contribution >= 4 is 22.2 Å². The van der Waals surface area contributed by atoms with Crippen molar-refractivity contribution in [3.05, 3.63) is 67.2 Å². The normalized spacial score (nSPS) is 11.0.